The molecule has 33 heavy (non-hydrogen) atoms. The first-order valence-electron chi connectivity index (χ1n) is 9.72. The second-order valence-corrected chi connectivity index (χ2v) is 8.64. The Labute approximate surface area is 196 Å². The van der Waals surface area contributed by atoms with Crippen molar-refractivity contribution in [1.29, 1.82) is 0 Å². The molecule has 164 valence electrons. The van der Waals surface area contributed by atoms with E-state index in [0.29, 0.717) is 21.5 Å². The number of thioether (sulfide) groups is 1. The van der Waals surface area contributed by atoms with E-state index in [1.807, 2.05) is 0 Å². The normalized spacial score (nSPS) is 15.1. The molecule has 7 nitrogen and oxygen atoms in total. The molecular weight excluding hydrogens is 465 g/mol. The van der Waals surface area contributed by atoms with Crippen LogP contribution in [-0.4, -0.2) is 24.5 Å². The maximum atomic E-state index is 13.3. The number of rotatable bonds is 5. The highest BCUT2D eigenvalue weighted by Gasteiger charge is 2.33. The van der Waals surface area contributed by atoms with E-state index in [0.717, 1.165) is 11.8 Å². The zero-order valence-corrected chi connectivity index (χ0v) is 18.4. The predicted octanol–water partition coefficient (Wildman–Crippen LogP) is 4.62. The van der Waals surface area contributed by atoms with E-state index in [2.05, 4.69) is 4.98 Å². The maximum absolute atomic E-state index is 13.3. The van der Waals surface area contributed by atoms with E-state index in [1.165, 1.54) is 45.9 Å². The molecule has 1 aliphatic rings. The summed E-state index contributed by atoms with van der Waals surface area (Å²) >= 11 is 6.44. The van der Waals surface area contributed by atoms with Crippen LogP contribution in [0.3, 0.4) is 0 Å². The smallest absolute Gasteiger partial charge is 0.269 e. The SMILES string of the molecule is O=C1/C(=C/c2c(Oc3ccc(F)cc3)nc3ccccn3c2=O)SC(=S)N1Cc1ccco1. The Morgan fingerprint density at radius 3 is 2.70 bits per heavy atom. The van der Waals surface area contributed by atoms with Gasteiger partial charge >= 0.3 is 0 Å². The summed E-state index contributed by atoms with van der Waals surface area (Å²) < 4.78 is 26.1. The van der Waals surface area contributed by atoms with Crippen molar-refractivity contribution >= 4 is 45.9 Å². The van der Waals surface area contributed by atoms with Crippen molar-refractivity contribution in [2.45, 2.75) is 6.54 Å². The number of fused-ring (bicyclic) bond motifs is 1. The molecule has 5 rings (SSSR count). The molecule has 0 radical (unpaired) electrons. The van der Waals surface area contributed by atoms with Crippen molar-refractivity contribution in [3.05, 3.63) is 99.5 Å². The molecule has 1 fully saturated rings. The van der Waals surface area contributed by atoms with Gasteiger partial charge < -0.3 is 9.15 Å². The van der Waals surface area contributed by atoms with E-state index in [9.17, 15) is 14.0 Å². The number of aromatic nitrogens is 2. The van der Waals surface area contributed by atoms with Gasteiger partial charge in [-0.15, -0.1) is 0 Å². The fraction of sp³-hybridized carbons (Fsp3) is 0.0435. The van der Waals surface area contributed by atoms with Gasteiger partial charge in [0.15, 0.2) is 0 Å². The van der Waals surface area contributed by atoms with Crippen molar-refractivity contribution in [3.8, 4) is 11.6 Å². The third-order valence-electron chi connectivity index (χ3n) is 4.81. The Kier molecular flexibility index (Phi) is 5.53. The average Bonchev–Trinajstić information content (AvgIpc) is 3.42. The van der Waals surface area contributed by atoms with Gasteiger partial charge in [-0.1, -0.05) is 30.0 Å². The minimum Gasteiger partial charge on any atom is -0.467 e. The second-order valence-electron chi connectivity index (χ2n) is 6.97. The molecule has 1 amide bonds. The van der Waals surface area contributed by atoms with Gasteiger partial charge in [0.1, 0.15) is 32.9 Å². The molecule has 0 aliphatic carbocycles. The quantitative estimate of drug-likeness (QED) is 0.305. The van der Waals surface area contributed by atoms with Crippen LogP contribution in [0.5, 0.6) is 11.6 Å². The summed E-state index contributed by atoms with van der Waals surface area (Å²) in [5.74, 6) is 0.0964. The fourth-order valence-electron chi connectivity index (χ4n) is 3.22. The van der Waals surface area contributed by atoms with Crippen LogP contribution in [0.2, 0.25) is 0 Å². The molecular formula is C23H14FN3O4S2. The van der Waals surface area contributed by atoms with Crippen molar-refractivity contribution in [3.63, 3.8) is 0 Å². The zero-order valence-electron chi connectivity index (χ0n) is 16.8. The van der Waals surface area contributed by atoms with Gasteiger partial charge in [-0.05, 0) is 54.6 Å². The van der Waals surface area contributed by atoms with Gasteiger partial charge in [0, 0.05) is 6.20 Å². The first kappa shape index (κ1) is 21.1. The number of thiocarbonyl (C=S) groups is 1. The Bertz CT molecular complexity index is 1460. The first-order valence-corrected chi connectivity index (χ1v) is 10.9. The van der Waals surface area contributed by atoms with Crippen LogP contribution in [-0.2, 0) is 11.3 Å². The summed E-state index contributed by atoms with van der Waals surface area (Å²) in [6.45, 7) is 0.183. The highest BCUT2D eigenvalue weighted by Crippen LogP contribution is 2.35. The van der Waals surface area contributed by atoms with Crippen LogP contribution in [0, 0.1) is 5.82 Å². The van der Waals surface area contributed by atoms with Crippen LogP contribution in [0.25, 0.3) is 11.7 Å². The number of carbonyl (C=O) groups is 1. The lowest BCUT2D eigenvalue weighted by atomic mass is 10.2. The van der Waals surface area contributed by atoms with Crippen LogP contribution in [0.15, 0.2) is 81.2 Å². The number of ether oxygens (including phenoxy) is 1. The summed E-state index contributed by atoms with van der Waals surface area (Å²) in [6.07, 6.45) is 4.52. The summed E-state index contributed by atoms with van der Waals surface area (Å²) in [6, 6.07) is 13.9. The summed E-state index contributed by atoms with van der Waals surface area (Å²) in [4.78, 5) is 32.4. The van der Waals surface area contributed by atoms with Crippen LogP contribution in [0.1, 0.15) is 11.3 Å². The minimum atomic E-state index is -0.422. The summed E-state index contributed by atoms with van der Waals surface area (Å²) in [5, 5.41) is 0. The third-order valence-corrected chi connectivity index (χ3v) is 6.18. The van der Waals surface area contributed by atoms with Gasteiger partial charge in [0.25, 0.3) is 11.5 Å². The molecule has 0 bridgehead atoms. The molecule has 10 heteroatoms. The summed E-state index contributed by atoms with van der Waals surface area (Å²) in [7, 11) is 0. The number of nitrogens with zero attached hydrogens (tertiary/aromatic N) is 3. The standard InChI is InChI=1S/C23H14FN3O4S2/c24-14-6-8-15(9-7-14)31-20-17(21(28)26-10-2-1-5-19(26)25-20)12-18-22(29)27(23(32)33-18)13-16-4-3-11-30-16/h1-12H,13H2/b18-12-. The molecule has 0 spiro atoms. The Hall–Kier alpha value is -3.76. The zero-order chi connectivity index (χ0) is 22.9. The topological polar surface area (TPSA) is 77.0 Å². The molecule has 0 N–H and O–H groups in total. The highest BCUT2D eigenvalue weighted by molar-refractivity contribution is 8.26. The van der Waals surface area contributed by atoms with E-state index >= 15 is 0 Å². The van der Waals surface area contributed by atoms with E-state index < -0.39 is 11.4 Å². The molecule has 1 aliphatic heterocycles. The molecule has 0 saturated carbocycles. The van der Waals surface area contributed by atoms with E-state index in [4.69, 9.17) is 21.4 Å². The molecule has 0 atom stereocenters. The van der Waals surface area contributed by atoms with Crippen molar-refractivity contribution in [2.75, 3.05) is 0 Å². The number of hydrogen-bond donors (Lipinski definition) is 0. The second kappa shape index (κ2) is 8.64. The molecule has 1 aromatic carbocycles. The third kappa shape index (κ3) is 4.18. The van der Waals surface area contributed by atoms with Crippen LogP contribution < -0.4 is 10.3 Å². The van der Waals surface area contributed by atoms with Gasteiger partial charge in [-0.3, -0.25) is 18.9 Å². The number of pyridine rings is 1. The van der Waals surface area contributed by atoms with Gasteiger partial charge in [-0.2, -0.15) is 4.98 Å². The lowest BCUT2D eigenvalue weighted by molar-refractivity contribution is -0.122. The Balaban J connectivity index is 1.57. The van der Waals surface area contributed by atoms with E-state index in [1.54, 1.807) is 36.5 Å². The predicted molar refractivity (Wildman–Crippen MR) is 125 cm³/mol. The fourth-order valence-corrected chi connectivity index (χ4v) is 4.46. The molecule has 0 unspecified atom stereocenters. The van der Waals surface area contributed by atoms with E-state index in [-0.39, 0.29) is 28.8 Å². The van der Waals surface area contributed by atoms with Crippen molar-refractivity contribution in [2.24, 2.45) is 0 Å². The first-order chi connectivity index (χ1) is 16.0. The molecule has 1 saturated heterocycles. The van der Waals surface area contributed by atoms with Crippen molar-refractivity contribution < 1.29 is 18.3 Å². The van der Waals surface area contributed by atoms with Crippen LogP contribution >= 0.6 is 24.0 Å². The monoisotopic (exact) mass is 479 g/mol. The number of carbonyl (C=O) groups excluding carboxylic acids is 1. The number of benzene rings is 1. The largest absolute Gasteiger partial charge is 0.467 e. The highest BCUT2D eigenvalue weighted by atomic mass is 32.2. The van der Waals surface area contributed by atoms with Gasteiger partial charge in [-0.25, -0.2) is 4.39 Å². The molecule has 4 heterocycles. The number of hydrogen-bond acceptors (Lipinski definition) is 7. The number of furan rings is 1. The minimum absolute atomic E-state index is 0.00545. The lowest BCUT2D eigenvalue weighted by Gasteiger charge is -2.12. The van der Waals surface area contributed by atoms with Crippen molar-refractivity contribution in [1.82, 2.24) is 14.3 Å². The Morgan fingerprint density at radius 1 is 1.12 bits per heavy atom. The van der Waals surface area contributed by atoms with Gasteiger partial charge in [0.2, 0.25) is 5.88 Å². The van der Waals surface area contributed by atoms with Gasteiger partial charge in [0.05, 0.1) is 17.7 Å². The summed E-state index contributed by atoms with van der Waals surface area (Å²) in [5.41, 5.74) is 0.0117. The molecule has 3 aromatic heterocycles. The average molecular weight is 480 g/mol. The Morgan fingerprint density at radius 2 is 1.94 bits per heavy atom. The van der Waals surface area contributed by atoms with Crippen LogP contribution in [0.4, 0.5) is 4.39 Å². The lowest BCUT2D eigenvalue weighted by Crippen LogP contribution is -2.27. The number of amides is 1. The molecule has 4 aromatic rings. The number of halogens is 1. The maximum Gasteiger partial charge on any atom is 0.269 e.